The average Bonchev–Trinajstić information content (AvgIpc) is 3.99. The second-order valence-electron chi connectivity index (χ2n) is 14.6. The van der Waals surface area contributed by atoms with Gasteiger partial charge in [0, 0.05) is 99.0 Å². The molecule has 0 amide bonds. The van der Waals surface area contributed by atoms with Crippen molar-refractivity contribution < 1.29 is 60.5 Å². The van der Waals surface area contributed by atoms with Gasteiger partial charge in [0.1, 0.15) is 41.6 Å². The fourth-order valence-corrected chi connectivity index (χ4v) is 7.96. The van der Waals surface area contributed by atoms with Crippen LogP contribution < -0.4 is 24.5 Å². The van der Waals surface area contributed by atoms with E-state index in [9.17, 15) is 49.5 Å². The maximum atomic E-state index is 13.9. The number of benzene rings is 2. The third kappa shape index (κ3) is 12.6. The Balaban J connectivity index is 0.000000224. The maximum Gasteiger partial charge on any atom is 0.319 e. The largest absolute Gasteiger partial charge is 0.507 e. The number of nitro groups is 2. The van der Waals surface area contributed by atoms with Crippen molar-refractivity contribution in [3.8, 4) is 5.75 Å². The molecule has 0 spiro atoms. The van der Waals surface area contributed by atoms with E-state index in [0.29, 0.717) is 11.1 Å². The van der Waals surface area contributed by atoms with Gasteiger partial charge in [0.25, 0.3) is 0 Å². The number of aliphatic hydroxyl groups excluding tert-OH is 2. The van der Waals surface area contributed by atoms with Crippen molar-refractivity contribution in [3.05, 3.63) is 149 Å². The third-order valence-electron chi connectivity index (χ3n) is 10.4. The predicted octanol–water partition coefficient (Wildman–Crippen LogP) is 7.17. The minimum absolute atomic E-state index is 0. The summed E-state index contributed by atoms with van der Waals surface area (Å²) in [7, 11) is 2.01. The number of phenolic OH excluding ortho intramolecular Hbond substituents is 1. The fraction of sp³-hybridized carbons (Fsp3) is 0.250. The van der Waals surface area contributed by atoms with E-state index in [1.165, 1.54) is 18.2 Å². The normalized spacial score (nSPS) is 18.3. The number of carbonyl (C=O) groups excluding carboxylic acids is 2. The molecule has 23 heteroatoms. The molecular weight excluding hydrogens is 955 g/mol. The quantitative estimate of drug-likeness (QED) is 0.0618. The number of aromatic nitrogens is 2. The third-order valence-corrected chi connectivity index (χ3v) is 12.1. The van der Waals surface area contributed by atoms with Gasteiger partial charge in [0.15, 0.2) is 17.3 Å². The number of aliphatic hydroxyl groups is 2. The number of thiazole rings is 2. The predicted molar refractivity (Wildman–Crippen MR) is 249 cm³/mol. The van der Waals surface area contributed by atoms with Crippen LogP contribution in [-0.2, 0) is 31.8 Å². The Bertz CT molecular complexity index is 2830. The summed E-state index contributed by atoms with van der Waals surface area (Å²) in [5.41, 5.74) is 5.87. The molecule has 7 rings (SSSR count). The molecule has 3 heterocycles. The number of hydrogen-bond acceptors (Lipinski definition) is 16. The molecule has 67 heavy (non-hydrogen) atoms. The second kappa shape index (κ2) is 22.8. The number of fused-ring (bicyclic) bond motifs is 1. The topological polar surface area (TPSA) is 265 Å². The molecule has 3 N–H and O–H groups in total. The first-order valence-electron chi connectivity index (χ1n) is 20.0. The van der Waals surface area contributed by atoms with E-state index in [1.54, 1.807) is 19.9 Å². The molecule has 4 aromatic rings. The van der Waals surface area contributed by atoms with Crippen LogP contribution in [0.1, 0.15) is 59.1 Å². The van der Waals surface area contributed by atoms with Gasteiger partial charge in [-0.1, -0.05) is 29.6 Å². The van der Waals surface area contributed by atoms with Crippen molar-refractivity contribution in [2.45, 2.75) is 53.4 Å². The zero-order valence-electron chi connectivity index (χ0n) is 37.0. The van der Waals surface area contributed by atoms with E-state index < -0.39 is 9.85 Å². The van der Waals surface area contributed by atoms with Gasteiger partial charge in [-0.05, 0) is 94.7 Å². The zero-order chi connectivity index (χ0) is 48.5. The number of rotatable bonds is 10. The van der Waals surface area contributed by atoms with Gasteiger partial charge in [-0.15, -0.1) is 0 Å². The van der Waals surface area contributed by atoms with Crippen molar-refractivity contribution in [1.82, 2.24) is 9.97 Å². The molecule has 353 valence electrons. The van der Waals surface area contributed by atoms with Crippen molar-refractivity contribution in [2.24, 2.45) is 20.4 Å². The second-order valence-corrected chi connectivity index (χ2v) is 16.6. The van der Waals surface area contributed by atoms with Crippen molar-refractivity contribution in [2.75, 3.05) is 25.0 Å². The molecule has 0 bridgehead atoms. The Kier molecular flexibility index (Phi) is 17.8. The Morgan fingerprint density at radius 2 is 1.30 bits per heavy atom. The number of hydrogen-bond donors (Lipinski definition) is 3. The van der Waals surface area contributed by atoms with E-state index in [-0.39, 0.29) is 87.9 Å². The molecule has 1 unspecified atom stereocenters. The number of halogens is 1. The molecule has 2 aromatic heterocycles. The molecule has 1 atom stereocenters. The van der Waals surface area contributed by atoms with Crippen LogP contribution in [0.3, 0.4) is 0 Å². The van der Waals surface area contributed by atoms with Crippen LogP contribution in [0.25, 0.3) is 6.08 Å². The van der Waals surface area contributed by atoms with Crippen LogP contribution in [0.2, 0.25) is 0 Å². The van der Waals surface area contributed by atoms with Crippen LogP contribution in [0.4, 0.5) is 25.8 Å². The van der Waals surface area contributed by atoms with Crippen LogP contribution in [-0.4, -0.2) is 78.6 Å². The monoisotopic (exact) mass is 998 g/mol. The number of phenols is 1. The van der Waals surface area contributed by atoms with E-state index in [0.717, 1.165) is 94.9 Å². The van der Waals surface area contributed by atoms with Gasteiger partial charge in [-0.3, -0.25) is 40.0 Å². The molecule has 3 aliphatic rings. The molecule has 0 saturated heterocycles. The van der Waals surface area contributed by atoms with Crippen molar-refractivity contribution >= 4 is 78.8 Å². The van der Waals surface area contributed by atoms with Gasteiger partial charge >= 0.3 is 10.0 Å². The summed E-state index contributed by atoms with van der Waals surface area (Å²) in [6.45, 7) is 13.5. The van der Waals surface area contributed by atoms with E-state index in [2.05, 4.69) is 67.5 Å². The number of ketones is 2. The van der Waals surface area contributed by atoms with Crippen LogP contribution in [0.15, 0.2) is 122 Å². The summed E-state index contributed by atoms with van der Waals surface area (Å²) in [6.07, 6.45) is 11.7. The summed E-state index contributed by atoms with van der Waals surface area (Å²) in [5.74, 6) is -1.19. The zero-order valence-corrected chi connectivity index (χ0v) is 39.7. The van der Waals surface area contributed by atoms with Gasteiger partial charge < -0.3 is 40.4 Å². The van der Waals surface area contributed by atoms with Gasteiger partial charge in [-0.25, -0.2) is 4.39 Å². The molecule has 1 aliphatic heterocycles. The molecule has 19 nitrogen and oxygen atoms in total. The molecule has 2 aliphatic carbocycles. The summed E-state index contributed by atoms with van der Waals surface area (Å²) >= 11 is 1.52. The molecular formula is C44H44CoFN10O9S2-. The van der Waals surface area contributed by atoms with Crippen molar-refractivity contribution in [1.29, 1.82) is 0 Å². The van der Waals surface area contributed by atoms with Gasteiger partial charge in [0.2, 0.25) is 5.69 Å². The standard InChI is InChI=1S/C24H29FN2O.2C10H8N4O4S.Co/c1-6-24(4)20-15-18(25)11-13-21(20)26(5)23(24)14-10-17-9-12-19(16-22(17)28)27(7-2)8-3;2*1-5-2-6(15)3-7(16)9(5)12-13-10-11-4-8(19-10)14(17)18;/h9-16H,6-8H2,1-5H3;2*2-4H,1H3,(H2,11,13,15,16);/p-1. The summed E-state index contributed by atoms with van der Waals surface area (Å²) in [4.78, 5) is 51.8. The fourth-order valence-electron chi connectivity index (χ4n) is 6.85. The molecule has 0 fully saturated rings. The van der Waals surface area contributed by atoms with Crippen molar-refractivity contribution in [3.63, 3.8) is 0 Å². The first-order valence-corrected chi connectivity index (χ1v) is 21.7. The maximum absolute atomic E-state index is 13.9. The van der Waals surface area contributed by atoms with Gasteiger partial charge in [0.05, 0.1) is 15.3 Å². The summed E-state index contributed by atoms with van der Waals surface area (Å²) < 4.78 is 16.0. The number of aromatic hydroxyl groups is 1. The molecule has 1 radical (unpaired) electrons. The Morgan fingerprint density at radius 1 is 0.791 bits per heavy atom. The number of anilines is 1. The van der Waals surface area contributed by atoms with E-state index >= 15 is 0 Å². The molecule has 2 aromatic carbocycles. The first kappa shape index (κ1) is 52.4. The SMILES string of the molecule is CC1=CC(=O)C=C(O)C1=NN=c1[n-]cc([N+](=O)[O-])s1.CC1=CC(=O)C=C(O)C1=NN=c1[n-]cc([N+](=O)[O-])s1.CCN(CC)c1ccc(/C=C/C2=[N+](C)c3ccc(F)cc3C2(C)CC)c(O)c1.[Co]. The van der Waals surface area contributed by atoms with Crippen LogP contribution in [0, 0.1) is 26.0 Å². The van der Waals surface area contributed by atoms with E-state index in [4.69, 9.17) is 0 Å². The van der Waals surface area contributed by atoms with Crippen LogP contribution >= 0.6 is 22.7 Å². The molecule has 0 saturated carbocycles. The Morgan fingerprint density at radius 3 is 1.72 bits per heavy atom. The minimum Gasteiger partial charge on any atom is -0.507 e. The first-order chi connectivity index (χ1) is 31.3. The van der Waals surface area contributed by atoms with Crippen LogP contribution in [0.5, 0.6) is 5.75 Å². The summed E-state index contributed by atoms with van der Waals surface area (Å²) in [6, 6.07) is 10.8. The Labute approximate surface area is 400 Å². The van der Waals surface area contributed by atoms with Gasteiger partial charge in [-0.2, -0.15) is 4.58 Å². The Hall–Kier alpha value is -7.21. The minimum atomic E-state index is -0.578. The number of carbonyl (C=O) groups is 2. The number of allylic oxidation sites excluding steroid dienone is 7. The van der Waals surface area contributed by atoms with E-state index in [1.807, 2.05) is 43.5 Å². The summed E-state index contributed by atoms with van der Waals surface area (Å²) in [5, 5.41) is 65.2. The smallest absolute Gasteiger partial charge is 0.319 e. The number of nitrogens with zero attached hydrogens (tertiary/aromatic N) is 10. The average molecular weight is 999 g/mol.